The lowest BCUT2D eigenvalue weighted by Gasteiger charge is -2.13. The van der Waals surface area contributed by atoms with Gasteiger partial charge in [0.1, 0.15) is 12.4 Å². The lowest BCUT2D eigenvalue weighted by Crippen LogP contribution is -2.08. The van der Waals surface area contributed by atoms with Crippen molar-refractivity contribution in [2.24, 2.45) is 0 Å². The van der Waals surface area contributed by atoms with E-state index in [4.69, 9.17) is 4.74 Å². The van der Waals surface area contributed by atoms with Gasteiger partial charge in [-0.05, 0) is 13.0 Å². The van der Waals surface area contributed by atoms with Crippen molar-refractivity contribution in [1.82, 2.24) is 9.55 Å². The number of hydrogen-bond acceptors (Lipinski definition) is 3. The first kappa shape index (κ1) is 11.7. The number of hydrogen-bond donors (Lipinski definition) is 1. The van der Waals surface area contributed by atoms with E-state index in [0.717, 1.165) is 17.9 Å². The lowest BCUT2D eigenvalue weighted by molar-refractivity contribution is 0.190. The fraction of sp³-hybridized carbons (Fsp3) is 0.308. The fourth-order valence-electron chi connectivity index (χ4n) is 1.64. The van der Waals surface area contributed by atoms with Crippen LogP contribution in [0.25, 0.3) is 0 Å². The van der Waals surface area contributed by atoms with Crippen LogP contribution in [-0.4, -0.2) is 21.3 Å². The largest absolute Gasteiger partial charge is 0.491 e. The first-order chi connectivity index (χ1) is 8.27. The molecule has 0 saturated carbocycles. The Morgan fingerprint density at radius 3 is 2.94 bits per heavy atom. The van der Waals surface area contributed by atoms with Gasteiger partial charge in [0.25, 0.3) is 0 Å². The van der Waals surface area contributed by atoms with Crippen molar-refractivity contribution in [1.29, 1.82) is 0 Å². The maximum Gasteiger partial charge on any atom is 0.125 e. The van der Waals surface area contributed by atoms with Crippen LogP contribution in [0.2, 0.25) is 0 Å². The van der Waals surface area contributed by atoms with E-state index in [-0.39, 0.29) is 0 Å². The van der Waals surface area contributed by atoms with Crippen LogP contribution in [-0.2, 0) is 6.54 Å². The highest BCUT2D eigenvalue weighted by Gasteiger charge is 2.07. The van der Waals surface area contributed by atoms with Gasteiger partial charge in [-0.3, -0.25) is 0 Å². The molecule has 1 atom stereocenters. The van der Waals surface area contributed by atoms with Crippen molar-refractivity contribution in [3.63, 3.8) is 0 Å². The van der Waals surface area contributed by atoms with E-state index in [1.54, 1.807) is 19.4 Å². The first-order valence-corrected chi connectivity index (χ1v) is 5.63. The van der Waals surface area contributed by atoms with Crippen LogP contribution in [0.3, 0.4) is 0 Å². The van der Waals surface area contributed by atoms with Crippen molar-refractivity contribution >= 4 is 0 Å². The molecule has 2 rings (SSSR count). The fourth-order valence-corrected chi connectivity index (χ4v) is 1.64. The molecule has 0 bridgehead atoms. The van der Waals surface area contributed by atoms with E-state index in [9.17, 15) is 5.11 Å². The molecule has 1 aromatic heterocycles. The average Bonchev–Trinajstić information content (AvgIpc) is 2.82. The zero-order chi connectivity index (χ0) is 12.1. The predicted molar refractivity (Wildman–Crippen MR) is 64.8 cm³/mol. The highest BCUT2D eigenvalue weighted by atomic mass is 16.5. The van der Waals surface area contributed by atoms with Crippen LogP contribution >= 0.6 is 0 Å². The molecule has 0 aliphatic carbocycles. The van der Waals surface area contributed by atoms with Gasteiger partial charge in [-0.15, -0.1) is 0 Å². The summed E-state index contributed by atoms with van der Waals surface area (Å²) in [5, 5.41) is 9.59. The van der Waals surface area contributed by atoms with Gasteiger partial charge in [-0.2, -0.15) is 0 Å². The molecule has 0 radical (unpaired) electrons. The van der Waals surface area contributed by atoms with E-state index in [2.05, 4.69) is 4.98 Å². The number of aliphatic hydroxyl groups is 1. The van der Waals surface area contributed by atoms with E-state index >= 15 is 0 Å². The molecular formula is C13H16N2O2. The number of benzene rings is 1. The van der Waals surface area contributed by atoms with Crippen molar-refractivity contribution in [3.8, 4) is 5.75 Å². The quantitative estimate of drug-likeness (QED) is 0.857. The molecule has 4 nitrogen and oxygen atoms in total. The van der Waals surface area contributed by atoms with Crippen LogP contribution in [0.4, 0.5) is 0 Å². The smallest absolute Gasteiger partial charge is 0.125 e. The summed E-state index contributed by atoms with van der Waals surface area (Å²) in [5.74, 6) is 0.739. The molecule has 17 heavy (non-hydrogen) atoms. The molecule has 0 aliphatic heterocycles. The molecule has 0 amide bonds. The Balaban J connectivity index is 1.94. The minimum absolute atomic E-state index is 0.514. The monoisotopic (exact) mass is 232 g/mol. The number of ether oxygens (including phenoxy) is 1. The number of aliphatic hydroxyl groups excluding tert-OH is 1. The van der Waals surface area contributed by atoms with Crippen molar-refractivity contribution in [2.75, 3.05) is 6.61 Å². The Morgan fingerprint density at radius 2 is 2.24 bits per heavy atom. The van der Waals surface area contributed by atoms with E-state index < -0.39 is 6.10 Å². The van der Waals surface area contributed by atoms with Gasteiger partial charge in [-0.25, -0.2) is 4.98 Å². The van der Waals surface area contributed by atoms with Gasteiger partial charge < -0.3 is 14.4 Å². The Labute approximate surface area is 100 Å². The molecule has 4 heteroatoms. The second-order valence-corrected chi connectivity index (χ2v) is 3.86. The highest BCUT2D eigenvalue weighted by Crippen LogP contribution is 2.24. The SMILES string of the molecule is C[C@H](O)c1ccccc1OCCn1ccnc1. The molecule has 90 valence electrons. The van der Waals surface area contributed by atoms with Crippen LogP contribution < -0.4 is 4.74 Å². The highest BCUT2D eigenvalue weighted by molar-refractivity contribution is 5.34. The average molecular weight is 232 g/mol. The molecule has 1 N–H and O–H groups in total. The predicted octanol–water partition coefficient (Wildman–Crippen LogP) is 2.02. The Morgan fingerprint density at radius 1 is 1.41 bits per heavy atom. The molecule has 0 saturated heterocycles. The molecule has 0 fully saturated rings. The minimum atomic E-state index is -0.514. The minimum Gasteiger partial charge on any atom is -0.491 e. The molecule has 0 aliphatic rings. The summed E-state index contributed by atoms with van der Waals surface area (Å²) in [7, 11) is 0. The summed E-state index contributed by atoms with van der Waals surface area (Å²) in [6.07, 6.45) is 4.87. The van der Waals surface area contributed by atoms with E-state index in [0.29, 0.717) is 6.61 Å². The second kappa shape index (κ2) is 5.50. The summed E-state index contributed by atoms with van der Waals surface area (Å²) in [6.45, 7) is 3.03. The molecule has 0 spiro atoms. The van der Waals surface area contributed by atoms with Gasteiger partial charge in [0, 0.05) is 18.0 Å². The second-order valence-electron chi connectivity index (χ2n) is 3.86. The maximum absolute atomic E-state index is 9.59. The van der Waals surface area contributed by atoms with Crippen LogP contribution in [0.1, 0.15) is 18.6 Å². The summed E-state index contributed by atoms with van der Waals surface area (Å²) in [4.78, 5) is 3.96. The van der Waals surface area contributed by atoms with Crippen LogP contribution in [0.15, 0.2) is 43.0 Å². The maximum atomic E-state index is 9.59. The number of aromatic nitrogens is 2. The topological polar surface area (TPSA) is 47.3 Å². The normalized spacial score (nSPS) is 12.4. The first-order valence-electron chi connectivity index (χ1n) is 5.63. The third-order valence-electron chi connectivity index (χ3n) is 2.54. The number of imidazole rings is 1. The van der Waals surface area contributed by atoms with E-state index in [1.807, 2.05) is 35.0 Å². The summed E-state index contributed by atoms with van der Waals surface area (Å²) in [5.41, 5.74) is 0.818. The Hall–Kier alpha value is -1.81. The summed E-state index contributed by atoms with van der Waals surface area (Å²) in [6, 6.07) is 7.54. The van der Waals surface area contributed by atoms with Crippen LogP contribution in [0.5, 0.6) is 5.75 Å². The van der Waals surface area contributed by atoms with Crippen molar-refractivity contribution < 1.29 is 9.84 Å². The van der Waals surface area contributed by atoms with Crippen molar-refractivity contribution in [3.05, 3.63) is 48.5 Å². The third-order valence-corrected chi connectivity index (χ3v) is 2.54. The molecule has 2 aromatic rings. The lowest BCUT2D eigenvalue weighted by atomic mass is 10.1. The number of para-hydroxylation sites is 1. The van der Waals surface area contributed by atoms with Crippen molar-refractivity contribution in [2.45, 2.75) is 19.6 Å². The third kappa shape index (κ3) is 3.07. The zero-order valence-electron chi connectivity index (χ0n) is 9.78. The number of nitrogens with zero attached hydrogens (tertiary/aromatic N) is 2. The molecular weight excluding hydrogens is 216 g/mol. The molecule has 1 heterocycles. The summed E-state index contributed by atoms with van der Waals surface area (Å²) >= 11 is 0. The Kier molecular flexibility index (Phi) is 3.77. The standard InChI is InChI=1S/C13H16N2O2/c1-11(16)12-4-2-3-5-13(12)17-9-8-15-7-6-14-10-15/h2-7,10-11,16H,8-9H2,1H3/t11-/m0/s1. The molecule has 1 aromatic carbocycles. The van der Waals surface area contributed by atoms with Gasteiger partial charge in [-0.1, -0.05) is 18.2 Å². The van der Waals surface area contributed by atoms with Gasteiger partial charge in [0.2, 0.25) is 0 Å². The number of rotatable bonds is 5. The van der Waals surface area contributed by atoms with E-state index in [1.165, 1.54) is 0 Å². The summed E-state index contributed by atoms with van der Waals surface area (Å²) < 4.78 is 7.61. The zero-order valence-corrected chi connectivity index (χ0v) is 9.78. The van der Waals surface area contributed by atoms with Gasteiger partial charge in [0.05, 0.1) is 19.0 Å². The van der Waals surface area contributed by atoms with Crippen LogP contribution in [0, 0.1) is 0 Å². The van der Waals surface area contributed by atoms with Gasteiger partial charge in [0.15, 0.2) is 0 Å². The van der Waals surface area contributed by atoms with Gasteiger partial charge >= 0.3 is 0 Å². The molecule has 0 unspecified atom stereocenters. The Bertz CT molecular complexity index is 452.